The molecular weight excluding hydrogens is 363 g/mol. The first-order valence-electron chi connectivity index (χ1n) is 4.29. The summed E-state index contributed by atoms with van der Waals surface area (Å²) >= 11 is 6.39. The lowest BCUT2D eigenvalue weighted by Crippen LogP contribution is -1.94. The van der Waals surface area contributed by atoms with E-state index in [-0.39, 0.29) is 11.9 Å². The van der Waals surface area contributed by atoms with E-state index >= 15 is 0 Å². The molecule has 0 aliphatic carbocycles. The van der Waals surface area contributed by atoms with Crippen LogP contribution in [-0.2, 0) is 19.8 Å². The van der Waals surface area contributed by atoms with E-state index in [0.29, 0.717) is 8.95 Å². The summed E-state index contributed by atoms with van der Waals surface area (Å²) < 4.78 is 22.6. The van der Waals surface area contributed by atoms with Crippen LogP contribution in [0.2, 0.25) is 0 Å². The Kier molecular flexibility index (Phi) is 5.01. The fourth-order valence-corrected chi connectivity index (χ4v) is 3.45. The molecule has 1 rings (SSSR count). The van der Waals surface area contributed by atoms with Gasteiger partial charge in [-0.2, -0.15) is 0 Å². The lowest BCUT2D eigenvalue weighted by molar-refractivity contribution is 0.274. The van der Waals surface area contributed by atoms with E-state index in [1.807, 2.05) is 0 Å². The zero-order chi connectivity index (χ0) is 12.3. The van der Waals surface area contributed by atoms with Crippen LogP contribution in [0.3, 0.4) is 0 Å². The van der Waals surface area contributed by atoms with Crippen molar-refractivity contribution >= 4 is 39.5 Å². The number of aromatic hydroxyl groups is 1. The van der Waals surface area contributed by atoms with Gasteiger partial charge in [-0.1, -0.05) is 0 Å². The van der Waals surface area contributed by atoms with E-state index in [9.17, 15) is 9.67 Å². The van der Waals surface area contributed by atoms with Gasteiger partial charge < -0.3 is 14.2 Å². The van der Waals surface area contributed by atoms with E-state index in [1.165, 1.54) is 14.2 Å². The van der Waals surface area contributed by atoms with Crippen LogP contribution in [0, 0.1) is 0 Å². The third kappa shape index (κ3) is 3.31. The molecule has 0 bridgehead atoms. The molecule has 0 saturated heterocycles. The summed E-state index contributed by atoms with van der Waals surface area (Å²) in [6.45, 7) is 0. The lowest BCUT2D eigenvalue weighted by atomic mass is 10.2. The maximum atomic E-state index is 11.9. The number of halogens is 2. The van der Waals surface area contributed by atoms with Crippen LogP contribution in [0.25, 0.3) is 0 Å². The Balaban J connectivity index is 3.03. The van der Waals surface area contributed by atoms with Crippen molar-refractivity contribution in [1.29, 1.82) is 0 Å². The third-order valence-corrected chi connectivity index (χ3v) is 5.08. The normalized spacial score (nSPS) is 11.8. The Hall–Kier alpha value is 0.130. The van der Waals surface area contributed by atoms with Gasteiger partial charge in [-0.25, -0.2) is 0 Å². The number of benzene rings is 1. The molecule has 0 heterocycles. The minimum absolute atomic E-state index is 0.105. The molecule has 0 fully saturated rings. The number of phenolic OH excluding ortho intramolecular Hbond substituents is 1. The van der Waals surface area contributed by atoms with E-state index < -0.39 is 7.60 Å². The summed E-state index contributed by atoms with van der Waals surface area (Å²) in [6.07, 6.45) is 0.150. The standard InChI is InChI=1S/C9H11Br2O4P/c1-14-16(13,15-2)5-6-3-7(10)9(12)8(11)4-6/h3-4,12H,5H2,1-2H3. The summed E-state index contributed by atoms with van der Waals surface area (Å²) in [4.78, 5) is 0. The maximum Gasteiger partial charge on any atom is 0.334 e. The Morgan fingerprint density at radius 3 is 2.06 bits per heavy atom. The third-order valence-electron chi connectivity index (χ3n) is 2.01. The summed E-state index contributed by atoms with van der Waals surface area (Å²) in [5.74, 6) is 0.105. The summed E-state index contributed by atoms with van der Waals surface area (Å²) in [5.41, 5.74) is 0.739. The highest BCUT2D eigenvalue weighted by molar-refractivity contribution is 9.11. The van der Waals surface area contributed by atoms with Gasteiger partial charge in [0.1, 0.15) is 5.75 Å². The zero-order valence-electron chi connectivity index (χ0n) is 8.74. The average Bonchev–Trinajstić information content (AvgIpc) is 2.25. The van der Waals surface area contributed by atoms with Crippen molar-refractivity contribution in [2.24, 2.45) is 0 Å². The highest BCUT2D eigenvalue weighted by atomic mass is 79.9. The van der Waals surface area contributed by atoms with E-state index in [0.717, 1.165) is 5.56 Å². The van der Waals surface area contributed by atoms with Crippen LogP contribution in [0.1, 0.15) is 5.56 Å². The second-order valence-electron chi connectivity index (χ2n) is 3.04. The minimum Gasteiger partial charge on any atom is -0.506 e. The monoisotopic (exact) mass is 372 g/mol. The second kappa shape index (κ2) is 5.65. The van der Waals surface area contributed by atoms with Crippen LogP contribution in [0.5, 0.6) is 5.75 Å². The van der Waals surface area contributed by atoms with Gasteiger partial charge in [0.15, 0.2) is 0 Å². The second-order valence-corrected chi connectivity index (χ2v) is 7.02. The van der Waals surface area contributed by atoms with Gasteiger partial charge in [0.05, 0.1) is 15.1 Å². The molecule has 4 nitrogen and oxygen atoms in total. The van der Waals surface area contributed by atoms with Crippen molar-refractivity contribution < 1.29 is 18.7 Å². The van der Waals surface area contributed by atoms with Crippen molar-refractivity contribution in [1.82, 2.24) is 0 Å². The van der Waals surface area contributed by atoms with Gasteiger partial charge in [-0.3, -0.25) is 4.57 Å². The maximum absolute atomic E-state index is 11.9. The SMILES string of the molecule is COP(=O)(Cc1cc(Br)c(O)c(Br)c1)OC. The highest BCUT2D eigenvalue weighted by Crippen LogP contribution is 2.50. The fraction of sp³-hybridized carbons (Fsp3) is 0.333. The fourth-order valence-electron chi connectivity index (χ4n) is 1.14. The summed E-state index contributed by atoms with van der Waals surface area (Å²) in [7, 11) is -0.397. The molecule has 1 aromatic carbocycles. The van der Waals surface area contributed by atoms with E-state index in [4.69, 9.17) is 9.05 Å². The molecule has 0 unspecified atom stereocenters. The summed E-state index contributed by atoms with van der Waals surface area (Å²) in [6, 6.07) is 3.34. The molecule has 0 saturated carbocycles. The number of rotatable bonds is 4. The molecule has 16 heavy (non-hydrogen) atoms. The molecule has 0 aliphatic heterocycles. The highest BCUT2D eigenvalue weighted by Gasteiger charge is 2.22. The molecule has 0 radical (unpaired) electrons. The van der Waals surface area contributed by atoms with Crippen LogP contribution in [-0.4, -0.2) is 19.3 Å². The van der Waals surface area contributed by atoms with E-state index in [2.05, 4.69) is 31.9 Å². The van der Waals surface area contributed by atoms with Gasteiger partial charge in [-0.05, 0) is 49.6 Å². The topological polar surface area (TPSA) is 55.8 Å². The molecule has 0 atom stereocenters. The molecular formula is C9H11Br2O4P. The molecule has 1 aromatic rings. The van der Waals surface area contributed by atoms with Crippen molar-refractivity contribution in [3.05, 3.63) is 26.6 Å². The largest absolute Gasteiger partial charge is 0.506 e. The first-order chi connectivity index (χ1) is 7.41. The first kappa shape index (κ1) is 14.2. The molecule has 0 amide bonds. The van der Waals surface area contributed by atoms with Crippen LogP contribution in [0.15, 0.2) is 21.1 Å². The van der Waals surface area contributed by atoms with Crippen molar-refractivity contribution in [2.75, 3.05) is 14.2 Å². The van der Waals surface area contributed by atoms with Gasteiger partial charge in [0.25, 0.3) is 0 Å². The van der Waals surface area contributed by atoms with Crippen molar-refractivity contribution in [2.45, 2.75) is 6.16 Å². The van der Waals surface area contributed by atoms with E-state index in [1.54, 1.807) is 12.1 Å². The Morgan fingerprint density at radius 1 is 1.25 bits per heavy atom. The molecule has 0 aliphatic rings. The van der Waals surface area contributed by atoms with Crippen LogP contribution >= 0.6 is 39.5 Å². The van der Waals surface area contributed by atoms with Gasteiger partial charge in [0, 0.05) is 14.2 Å². The number of phenols is 1. The predicted octanol–water partition coefficient (Wildman–Crippen LogP) is 3.90. The minimum atomic E-state index is -3.08. The van der Waals surface area contributed by atoms with Gasteiger partial charge in [-0.15, -0.1) is 0 Å². The van der Waals surface area contributed by atoms with Gasteiger partial charge in [0.2, 0.25) is 0 Å². The Morgan fingerprint density at radius 2 is 1.69 bits per heavy atom. The zero-order valence-corrected chi connectivity index (χ0v) is 12.8. The van der Waals surface area contributed by atoms with Crippen LogP contribution in [0.4, 0.5) is 0 Å². The first-order valence-corrected chi connectivity index (χ1v) is 7.60. The summed E-state index contributed by atoms with van der Waals surface area (Å²) in [5, 5.41) is 9.52. The number of hydrogen-bond donors (Lipinski definition) is 1. The Labute approximate surface area is 111 Å². The lowest BCUT2D eigenvalue weighted by Gasteiger charge is -2.14. The Bertz CT molecular complexity index is 405. The molecule has 90 valence electrons. The number of hydrogen-bond acceptors (Lipinski definition) is 4. The average molecular weight is 374 g/mol. The molecule has 0 spiro atoms. The molecule has 1 N–H and O–H groups in total. The molecule has 0 aromatic heterocycles. The van der Waals surface area contributed by atoms with Crippen molar-refractivity contribution in [3.8, 4) is 5.75 Å². The van der Waals surface area contributed by atoms with Crippen molar-refractivity contribution in [3.63, 3.8) is 0 Å². The smallest absolute Gasteiger partial charge is 0.334 e. The van der Waals surface area contributed by atoms with Gasteiger partial charge >= 0.3 is 7.60 Å². The quantitative estimate of drug-likeness (QED) is 0.813. The van der Waals surface area contributed by atoms with Crippen LogP contribution < -0.4 is 0 Å². The molecule has 7 heteroatoms. The predicted molar refractivity (Wildman–Crippen MR) is 68.8 cm³/mol.